The lowest BCUT2D eigenvalue weighted by Gasteiger charge is -2.07. The largest absolute Gasteiger partial charge is 0.261 e. The van der Waals surface area contributed by atoms with Gasteiger partial charge in [0.2, 0.25) is 0 Å². The number of hydrogen-bond acceptors (Lipinski definition) is 4. The molecule has 0 atom stereocenters. The second-order valence-corrected chi connectivity index (χ2v) is 4.75. The molecular weight excluding hydrogens is 272 g/mol. The quantitative estimate of drug-likeness (QED) is 0.577. The highest BCUT2D eigenvalue weighted by Crippen LogP contribution is 2.08. The first kappa shape index (κ1) is 13.9. The van der Waals surface area contributed by atoms with Crippen LogP contribution in [0.2, 0.25) is 0 Å². The van der Waals surface area contributed by atoms with Gasteiger partial charge in [0.15, 0.2) is 0 Å². The van der Waals surface area contributed by atoms with Crippen molar-refractivity contribution in [2.24, 2.45) is 5.10 Å². The number of hydrazone groups is 1. The summed E-state index contributed by atoms with van der Waals surface area (Å²) in [7, 11) is 0. The van der Waals surface area contributed by atoms with Crippen LogP contribution in [0, 0.1) is 0 Å². The minimum absolute atomic E-state index is 0.657. The van der Waals surface area contributed by atoms with Gasteiger partial charge in [-0.05, 0) is 29.8 Å². The van der Waals surface area contributed by atoms with Crippen LogP contribution in [-0.4, -0.2) is 15.7 Å². The molecule has 0 amide bonds. The van der Waals surface area contributed by atoms with Crippen molar-refractivity contribution in [3.63, 3.8) is 0 Å². The zero-order valence-corrected chi connectivity index (χ0v) is 12.1. The van der Waals surface area contributed by atoms with Crippen LogP contribution in [0.15, 0.2) is 84.2 Å². The Hall–Kier alpha value is -3.01. The van der Waals surface area contributed by atoms with E-state index in [-0.39, 0.29) is 0 Å². The van der Waals surface area contributed by atoms with Crippen LogP contribution in [-0.2, 0) is 6.42 Å². The summed E-state index contributed by atoms with van der Waals surface area (Å²) in [5.41, 5.74) is 5.98. The molecule has 0 unspecified atom stereocenters. The summed E-state index contributed by atoms with van der Waals surface area (Å²) in [6.45, 7) is 0. The van der Waals surface area contributed by atoms with E-state index in [4.69, 9.17) is 0 Å². The molecule has 3 rings (SSSR count). The third-order valence-corrected chi connectivity index (χ3v) is 3.15. The predicted molar refractivity (Wildman–Crippen MR) is 88.8 cm³/mol. The van der Waals surface area contributed by atoms with Crippen LogP contribution in [0.3, 0.4) is 0 Å². The molecule has 3 aromatic rings. The van der Waals surface area contributed by atoms with Crippen molar-refractivity contribution in [1.82, 2.24) is 9.97 Å². The van der Waals surface area contributed by atoms with Crippen molar-refractivity contribution in [3.8, 4) is 0 Å². The minimum Gasteiger partial charge on any atom is -0.261 e. The van der Waals surface area contributed by atoms with Crippen molar-refractivity contribution in [2.75, 3.05) is 5.43 Å². The third kappa shape index (κ3) is 3.76. The van der Waals surface area contributed by atoms with Gasteiger partial charge in [-0.2, -0.15) is 5.10 Å². The van der Waals surface area contributed by atoms with E-state index in [1.807, 2.05) is 66.7 Å². The SMILES string of the molecule is c1ccc(/C(Cc2ccccn2)=N\Nc2ccccn2)cc1. The maximum Gasteiger partial charge on any atom is 0.146 e. The van der Waals surface area contributed by atoms with Crippen molar-refractivity contribution >= 4 is 11.5 Å². The maximum absolute atomic E-state index is 4.52. The highest BCUT2D eigenvalue weighted by molar-refractivity contribution is 6.02. The molecule has 2 heterocycles. The fourth-order valence-corrected chi connectivity index (χ4v) is 2.06. The summed E-state index contributed by atoms with van der Waals surface area (Å²) in [6.07, 6.45) is 4.19. The van der Waals surface area contributed by atoms with E-state index in [2.05, 4.69) is 20.5 Å². The van der Waals surface area contributed by atoms with E-state index in [9.17, 15) is 0 Å². The van der Waals surface area contributed by atoms with E-state index in [0.717, 1.165) is 22.8 Å². The van der Waals surface area contributed by atoms with Crippen molar-refractivity contribution < 1.29 is 0 Å². The number of rotatable bonds is 5. The Morgan fingerprint density at radius 1 is 0.818 bits per heavy atom. The Labute approximate surface area is 129 Å². The molecule has 0 radical (unpaired) electrons. The third-order valence-electron chi connectivity index (χ3n) is 3.15. The maximum atomic E-state index is 4.52. The number of anilines is 1. The number of pyridine rings is 2. The van der Waals surface area contributed by atoms with Crippen LogP contribution in [0.4, 0.5) is 5.82 Å². The fraction of sp³-hybridized carbons (Fsp3) is 0.0556. The lowest BCUT2D eigenvalue weighted by atomic mass is 10.1. The standard InChI is InChI=1S/C18H16N4/c1-2-8-15(9-3-1)17(14-16-10-4-6-12-19-16)21-22-18-11-5-7-13-20-18/h1-13H,14H2,(H,20,22)/b21-17-. The lowest BCUT2D eigenvalue weighted by molar-refractivity contribution is 1.12. The zero-order valence-electron chi connectivity index (χ0n) is 12.1. The number of benzene rings is 1. The molecule has 4 nitrogen and oxygen atoms in total. The van der Waals surface area contributed by atoms with Gasteiger partial charge in [-0.1, -0.05) is 42.5 Å². The molecule has 0 bridgehead atoms. The lowest BCUT2D eigenvalue weighted by Crippen LogP contribution is -2.09. The first-order chi connectivity index (χ1) is 10.9. The molecule has 0 aliphatic heterocycles. The normalized spacial score (nSPS) is 11.2. The Balaban J connectivity index is 1.86. The van der Waals surface area contributed by atoms with Crippen LogP contribution in [0.1, 0.15) is 11.3 Å². The second kappa shape index (κ2) is 7.13. The highest BCUT2D eigenvalue weighted by atomic mass is 15.3. The van der Waals surface area contributed by atoms with Gasteiger partial charge in [-0.3, -0.25) is 10.4 Å². The number of nitrogens with one attached hydrogen (secondary N) is 1. The van der Waals surface area contributed by atoms with Crippen molar-refractivity contribution in [3.05, 3.63) is 90.4 Å². The minimum atomic E-state index is 0.657. The fourth-order valence-electron chi connectivity index (χ4n) is 2.06. The second-order valence-electron chi connectivity index (χ2n) is 4.75. The molecule has 0 aliphatic carbocycles. The Bertz CT molecular complexity index is 725. The van der Waals surface area contributed by atoms with E-state index < -0.39 is 0 Å². The number of nitrogens with zero attached hydrogens (tertiary/aromatic N) is 3. The van der Waals surface area contributed by atoms with Crippen molar-refractivity contribution in [2.45, 2.75) is 6.42 Å². The first-order valence-corrected chi connectivity index (χ1v) is 7.11. The summed E-state index contributed by atoms with van der Waals surface area (Å²) >= 11 is 0. The molecule has 4 heteroatoms. The Kier molecular flexibility index (Phi) is 4.52. The van der Waals surface area contributed by atoms with Gasteiger partial charge < -0.3 is 0 Å². The average Bonchev–Trinajstić information content (AvgIpc) is 2.61. The van der Waals surface area contributed by atoms with Crippen LogP contribution < -0.4 is 5.43 Å². The van der Waals surface area contributed by atoms with Gasteiger partial charge >= 0.3 is 0 Å². The molecule has 0 saturated heterocycles. The van der Waals surface area contributed by atoms with Crippen LogP contribution >= 0.6 is 0 Å². The zero-order chi connectivity index (χ0) is 15.0. The molecule has 22 heavy (non-hydrogen) atoms. The van der Waals surface area contributed by atoms with Crippen molar-refractivity contribution in [1.29, 1.82) is 0 Å². The molecule has 1 N–H and O–H groups in total. The van der Waals surface area contributed by atoms with E-state index in [0.29, 0.717) is 6.42 Å². The van der Waals surface area contributed by atoms with Crippen LogP contribution in [0.5, 0.6) is 0 Å². The monoisotopic (exact) mass is 288 g/mol. The summed E-state index contributed by atoms with van der Waals surface area (Å²) in [6, 6.07) is 21.7. The first-order valence-electron chi connectivity index (χ1n) is 7.11. The Morgan fingerprint density at radius 2 is 1.55 bits per heavy atom. The molecule has 2 aromatic heterocycles. The smallest absolute Gasteiger partial charge is 0.146 e. The average molecular weight is 288 g/mol. The van der Waals surface area contributed by atoms with Gasteiger partial charge in [0.05, 0.1) is 5.71 Å². The topological polar surface area (TPSA) is 50.2 Å². The number of hydrogen-bond donors (Lipinski definition) is 1. The van der Waals surface area contributed by atoms with Gasteiger partial charge in [0, 0.05) is 24.5 Å². The molecule has 0 spiro atoms. The summed E-state index contributed by atoms with van der Waals surface area (Å²) < 4.78 is 0. The molecule has 0 aliphatic rings. The van der Waals surface area contributed by atoms with E-state index in [1.54, 1.807) is 12.4 Å². The van der Waals surface area contributed by atoms with E-state index in [1.165, 1.54) is 0 Å². The molecule has 0 fully saturated rings. The van der Waals surface area contributed by atoms with Gasteiger partial charge in [0.25, 0.3) is 0 Å². The summed E-state index contributed by atoms with van der Waals surface area (Å²) in [4.78, 5) is 8.59. The van der Waals surface area contributed by atoms with Gasteiger partial charge in [-0.25, -0.2) is 4.98 Å². The summed E-state index contributed by atoms with van der Waals surface area (Å²) in [5.74, 6) is 0.719. The highest BCUT2D eigenvalue weighted by Gasteiger charge is 2.06. The van der Waals surface area contributed by atoms with E-state index >= 15 is 0 Å². The molecular formula is C18H16N4. The predicted octanol–water partition coefficient (Wildman–Crippen LogP) is 3.54. The molecule has 0 saturated carbocycles. The van der Waals surface area contributed by atoms with Gasteiger partial charge in [-0.15, -0.1) is 0 Å². The Morgan fingerprint density at radius 3 is 2.23 bits per heavy atom. The summed E-state index contributed by atoms with van der Waals surface area (Å²) in [5, 5.41) is 4.52. The molecule has 1 aromatic carbocycles. The van der Waals surface area contributed by atoms with Crippen LogP contribution in [0.25, 0.3) is 0 Å². The van der Waals surface area contributed by atoms with Gasteiger partial charge in [0.1, 0.15) is 5.82 Å². The molecule has 108 valence electrons. The number of aromatic nitrogens is 2.